The Morgan fingerprint density at radius 1 is 0.967 bits per heavy atom. The number of carbonyl (C=O) groups is 1. The second-order valence-corrected chi connectivity index (χ2v) is 7.10. The SMILES string of the molecule is CCOC(=O)c1c(CN(Cc2ccco2)Cc2ccco2)nc2ccccc2c1C. The van der Waals surface area contributed by atoms with Gasteiger partial charge in [-0.1, -0.05) is 18.2 Å². The number of para-hydroxylation sites is 1. The van der Waals surface area contributed by atoms with Crippen molar-refractivity contribution in [3.8, 4) is 0 Å². The first-order valence-corrected chi connectivity index (χ1v) is 9.98. The van der Waals surface area contributed by atoms with E-state index in [9.17, 15) is 4.79 Å². The van der Waals surface area contributed by atoms with Crippen molar-refractivity contribution >= 4 is 16.9 Å². The molecule has 3 aromatic heterocycles. The van der Waals surface area contributed by atoms with Gasteiger partial charge in [0.05, 0.1) is 49.0 Å². The summed E-state index contributed by atoms with van der Waals surface area (Å²) >= 11 is 0. The van der Waals surface area contributed by atoms with Crippen molar-refractivity contribution in [3.63, 3.8) is 0 Å². The third-order valence-corrected chi connectivity index (χ3v) is 5.00. The van der Waals surface area contributed by atoms with Crippen LogP contribution in [0.25, 0.3) is 10.9 Å². The fourth-order valence-electron chi connectivity index (χ4n) is 3.65. The average Bonchev–Trinajstić information content (AvgIpc) is 3.43. The molecule has 0 saturated carbocycles. The first-order valence-electron chi connectivity index (χ1n) is 9.98. The fraction of sp³-hybridized carbons (Fsp3) is 0.250. The van der Waals surface area contributed by atoms with E-state index in [0.717, 1.165) is 28.0 Å². The molecule has 0 aliphatic rings. The van der Waals surface area contributed by atoms with Crippen LogP contribution in [0.3, 0.4) is 0 Å². The number of carbonyl (C=O) groups excluding carboxylic acids is 1. The van der Waals surface area contributed by atoms with Crippen LogP contribution in [0, 0.1) is 6.92 Å². The van der Waals surface area contributed by atoms with E-state index in [1.54, 1.807) is 12.5 Å². The van der Waals surface area contributed by atoms with Crippen LogP contribution >= 0.6 is 0 Å². The van der Waals surface area contributed by atoms with Crippen LogP contribution in [0.15, 0.2) is 69.9 Å². The quantitative estimate of drug-likeness (QED) is 0.380. The molecule has 154 valence electrons. The average molecular weight is 404 g/mol. The molecular weight excluding hydrogens is 380 g/mol. The molecule has 0 bridgehead atoms. The lowest BCUT2D eigenvalue weighted by Crippen LogP contribution is -2.25. The van der Waals surface area contributed by atoms with E-state index in [0.29, 0.717) is 37.5 Å². The van der Waals surface area contributed by atoms with Crippen LogP contribution in [0.1, 0.15) is 40.1 Å². The standard InChI is InChI=1S/C24H24N2O4/c1-3-28-24(27)23-17(2)20-10-4-5-11-21(20)25-22(23)16-26(14-18-8-6-12-29-18)15-19-9-7-13-30-19/h4-13H,3,14-16H2,1-2H3. The Balaban J connectivity index is 1.74. The molecule has 30 heavy (non-hydrogen) atoms. The number of hydrogen-bond donors (Lipinski definition) is 0. The number of fused-ring (bicyclic) bond motifs is 1. The number of aromatic nitrogens is 1. The van der Waals surface area contributed by atoms with Crippen molar-refractivity contribution in [2.24, 2.45) is 0 Å². The van der Waals surface area contributed by atoms with Crippen molar-refractivity contribution in [2.75, 3.05) is 6.61 Å². The predicted molar refractivity (Wildman–Crippen MR) is 113 cm³/mol. The zero-order valence-electron chi connectivity index (χ0n) is 17.1. The Kier molecular flexibility index (Phi) is 5.95. The second-order valence-electron chi connectivity index (χ2n) is 7.10. The highest BCUT2D eigenvalue weighted by molar-refractivity contribution is 5.98. The molecule has 0 aliphatic heterocycles. The van der Waals surface area contributed by atoms with E-state index in [1.165, 1.54) is 0 Å². The summed E-state index contributed by atoms with van der Waals surface area (Å²) in [5.41, 5.74) is 2.95. The molecule has 0 saturated heterocycles. The number of esters is 1. The van der Waals surface area contributed by atoms with Gasteiger partial charge in [0, 0.05) is 11.9 Å². The molecule has 0 atom stereocenters. The van der Waals surface area contributed by atoms with Gasteiger partial charge in [0.1, 0.15) is 11.5 Å². The molecule has 4 aromatic rings. The van der Waals surface area contributed by atoms with Gasteiger partial charge in [-0.3, -0.25) is 9.88 Å². The van der Waals surface area contributed by atoms with Crippen molar-refractivity contribution in [2.45, 2.75) is 33.5 Å². The number of pyridine rings is 1. The topological polar surface area (TPSA) is 68.7 Å². The number of benzene rings is 1. The van der Waals surface area contributed by atoms with Crippen LogP contribution < -0.4 is 0 Å². The van der Waals surface area contributed by atoms with E-state index >= 15 is 0 Å². The molecule has 0 spiro atoms. The van der Waals surface area contributed by atoms with E-state index in [4.69, 9.17) is 18.6 Å². The summed E-state index contributed by atoms with van der Waals surface area (Å²) in [6, 6.07) is 15.4. The van der Waals surface area contributed by atoms with Gasteiger partial charge in [0.25, 0.3) is 0 Å². The van der Waals surface area contributed by atoms with E-state index in [-0.39, 0.29) is 5.97 Å². The summed E-state index contributed by atoms with van der Waals surface area (Å²) in [4.78, 5) is 19.8. The Morgan fingerprint density at radius 2 is 1.63 bits per heavy atom. The maximum absolute atomic E-state index is 12.8. The number of hydrogen-bond acceptors (Lipinski definition) is 6. The first-order chi connectivity index (χ1) is 14.7. The highest BCUT2D eigenvalue weighted by atomic mass is 16.5. The van der Waals surface area contributed by atoms with Crippen molar-refractivity contribution in [3.05, 3.63) is 89.4 Å². The maximum Gasteiger partial charge on any atom is 0.340 e. The normalized spacial score (nSPS) is 11.3. The molecule has 0 radical (unpaired) electrons. The first kappa shape index (κ1) is 19.9. The summed E-state index contributed by atoms with van der Waals surface area (Å²) in [6.45, 7) is 5.63. The molecule has 0 N–H and O–H groups in total. The van der Waals surface area contributed by atoms with Gasteiger partial charge in [-0.15, -0.1) is 0 Å². The van der Waals surface area contributed by atoms with E-state index in [1.807, 2.05) is 62.4 Å². The third-order valence-electron chi connectivity index (χ3n) is 5.00. The van der Waals surface area contributed by atoms with Gasteiger partial charge in [0.2, 0.25) is 0 Å². The summed E-state index contributed by atoms with van der Waals surface area (Å²) in [7, 11) is 0. The van der Waals surface area contributed by atoms with Crippen LogP contribution in [-0.2, 0) is 24.4 Å². The third kappa shape index (κ3) is 4.28. The monoisotopic (exact) mass is 404 g/mol. The molecule has 6 nitrogen and oxygen atoms in total. The smallest absolute Gasteiger partial charge is 0.340 e. The minimum absolute atomic E-state index is 0.313. The zero-order valence-corrected chi connectivity index (χ0v) is 17.1. The zero-order chi connectivity index (χ0) is 20.9. The predicted octanol–water partition coefficient (Wildman–Crippen LogP) is 5.11. The number of aryl methyl sites for hydroxylation is 1. The fourth-order valence-corrected chi connectivity index (χ4v) is 3.65. The summed E-state index contributed by atoms with van der Waals surface area (Å²) < 4.78 is 16.5. The lowest BCUT2D eigenvalue weighted by molar-refractivity contribution is 0.0522. The van der Waals surface area contributed by atoms with Crippen molar-refractivity contribution in [1.82, 2.24) is 9.88 Å². The Labute approximate surface area is 175 Å². The molecular formula is C24H24N2O4. The lowest BCUT2D eigenvalue weighted by Gasteiger charge is -2.22. The van der Waals surface area contributed by atoms with Crippen molar-refractivity contribution in [1.29, 1.82) is 0 Å². The molecule has 6 heteroatoms. The van der Waals surface area contributed by atoms with E-state index < -0.39 is 0 Å². The van der Waals surface area contributed by atoms with Gasteiger partial charge in [-0.25, -0.2) is 4.79 Å². The summed E-state index contributed by atoms with van der Waals surface area (Å²) in [6.07, 6.45) is 3.31. The molecule has 0 unspecified atom stereocenters. The summed E-state index contributed by atoms with van der Waals surface area (Å²) in [5, 5.41) is 0.952. The largest absolute Gasteiger partial charge is 0.468 e. The molecule has 3 heterocycles. The molecule has 4 rings (SSSR count). The molecule has 0 fully saturated rings. The van der Waals surface area contributed by atoms with Gasteiger partial charge >= 0.3 is 5.97 Å². The van der Waals surface area contributed by atoms with Crippen LogP contribution in [0.5, 0.6) is 0 Å². The molecule has 1 aromatic carbocycles. The van der Waals surface area contributed by atoms with Gasteiger partial charge < -0.3 is 13.6 Å². The minimum atomic E-state index is -0.348. The maximum atomic E-state index is 12.8. The van der Waals surface area contributed by atoms with Crippen LogP contribution in [0.2, 0.25) is 0 Å². The van der Waals surface area contributed by atoms with Gasteiger partial charge in [-0.05, 0) is 49.7 Å². The van der Waals surface area contributed by atoms with Gasteiger partial charge in [0.15, 0.2) is 0 Å². The number of nitrogens with zero attached hydrogens (tertiary/aromatic N) is 2. The molecule has 0 aliphatic carbocycles. The number of ether oxygens (including phenoxy) is 1. The van der Waals surface area contributed by atoms with E-state index in [2.05, 4.69) is 4.90 Å². The highest BCUT2D eigenvalue weighted by Crippen LogP contribution is 2.26. The number of rotatable bonds is 8. The van der Waals surface area contributed by atoms with Crippen LogP contribution in [-0.4, -0.2) is 22.5 Å². The van der Waals surface area contributed by atoms with Gasteiger partial charge in [-0.2, -0.15) is 0 Å². The summed E-state index contributed by atoms with van der Waals surface area (Å²) in [5.74, 6) is 1.31. The number of furan rings is 2. The lowest BCUT2D eigenvalue weighted by atomic mass is 10.0. The Hall–Kier alpha value is -3.38. The molecule has 0 amide bonds. The minimum Gasteiger partial charge on any atom is -0.468 e. The Bertz CT molecular complexity index is 1080. The van der Waals surface area contributed by atoms with Crippen LogP contribution in [0.4, 0.5) is 0 Å². The Morgan fingerprint density at radius 3 is 2.23 bits per heavy atom. The second kappa shape index (κ2) is 8.97. The van der Waals surface area contributed by atoms with Crippen molar-refractivity contribution < 1.29 is 18.4 Å². The highest BCUT2D eigenvalue weighted by Gasteiger charge is 2.22.